The van der Waals surface area contributed by atoms with E-state index in [1.807, 2.05) is 12.4 Å². The molecule has 2 atom stereocenters. The van der Waals surface area contributed by atoms with Gasteiger partial charge in [0, 0.05) is 23.8 Å². The first kappa shape index (κ1) is 10.7. The lowest BCUT2D eigenvalue weighted by molar-refractivity contribution is 0.395. The largest absolute Gasteiger partial charge is 0.328 e. The Labute approximate surface area is 102 Å². The lowest BCUT2D eigenvalue weighted by Crippen LogP contribution is -2.26. The average molecular weight is 226 g/mol. The summed E-state index contributed by atoms with van der Waals surface area (Å²) < 4.78 is 0. The van der Waals surface area contributed by atoms with Gasteiger partial charge in [-0.3, -0.25) is 4.98 Å². The van der Waals surface area contributed by atoms with Crippen LogP contribution in [0.3, 0.4) is 0 Å². The number of hydrogen-bond donors (Lipinski definition) is 1. The highest BCUT2D eigenvalue weighted by Gasteiger charge is 2.21. The summed E-state index contributed by atoms with van der Waals surface area (Å²) in [5.74, 6) is 0.617. The highest BCUT2D eigenvalue weighted by atomic mass is 14.6. The van der Waals surface area contributed by atoms with Crippen molar-refractivity contribution in [3.8, 4) is 0 Å². The third-order valence-corrected chi connectivity index (χ3v) is 3.87. The fourth-order valence-electron chi connectivity index (χ4n) is 3.00. The van der Waals surface area contributed by atoms with E-state index < -0.39 is 0 Å². The third-order valence-electron chi connectivity index (χ3n) is 3.87. The number of rotatable bonds is 1. The van der Waals surface area contributed by atoms with Gasteiger partial charge in [0.15, 0.2) is 0 Å². The summed E-state index contributed by atoms with van der Waals surface area (Å²) in [5.41, 5.74) is 7.53. The van der Waals surface area contributed by atoms with Crippen LogP contribution in [0.1, 0.15) is 37.2 Å². The maximum atomic E-state index is 6.09. The van der Waals surface area contributed by atoms with Crippen LogP contribution < -0.4 is 5.73 Å². The summed E-state index contributed by atoms with van der Waals surface area (Å²) in [6.07, 6.45) is 8.67. The molecule has 0 bridgehead atoms. The number of benzene rings is 1. The number of pyridine rings is 1. The van der Waals surface area contributed by atoms with Crippen molar-refractivity contribution in [2.45, 2.75) is 37.6 Å². The molecule has 1 fully saturated rings. The van der Waals surface area contributed by atoms with Gasteiger partial charge in [-0.2, -0.15) is 0 Å². The van der Waals surface area contributed by atoms with Crippen LogP contribution in [0.4, 0.5) is 0 Å². The van der Waals surface area contributed by atoms with E-state index in [0.717, 1.165) is 6.42 Å². The molecule has 0 spiro atoms. The van der Waals surface area contributed by atoms with Gasteiger partial charge < -0.3 is 5.73 Å². The molecule has 0 radical (unpaired) electrons. The lowest BCUT2D eigenvalue weighted by atomic mass is 9.80. The molecule has 2 N–H and O–H groups in total. The van der Waals surface area contributed by atoms with Crippen molar-refractivity contribution >= 4 is 10.8 Å². The van der Waals surface area contributed by atoms with Crippen LogP contribution in [0.5, 0.6) is 0 Å². The van der Waals surface area contributed by atoms with Gasteiger partial charge in [-0.1, -0.05) is 24.6 Å². The van der Waals surface area contributed by atoms with Crippen LogP contribution in [-0.2, 0) is 0 Å². The molecule has 2 aromatic rings. The van der Waals surface area contributed by atoms with Crippen LogP contribution in [0.15, 0.2) is 36.7 Å². The number of nitrogens with two attached hydrogens (primary N) is 1. The van der Waals surface area contributed by atoms with Crippen LogP contribution in [0.25, 0.3) is 10.8 Å². The highest BCUT2D eigenvalue weighted by Crippen LogP contribution is 2.35. The molecule has 1 aliphatic rings. The monoisotopic (exact) mass is 226 g/mol. The third kappa shape index (κ3) is 2.05. The predicted octanol–water partition coefficient (Wildman–Crippen LogP) is 3.22. The second-order valence-corrected chi connectivity index (χ2v) is 5.07. The second kappa shape index (κ2) is 4.46. The van der Waals surface area contributed by atoms with Crippen molar-refractivity contribution < 1.29 is 0 Å². The molecule has 2 unspecified atom stereocenters. The topological polar surface area (TPSA) is 38.9 Å². The van der Waals surface area contributed by atoms with Crippen molar-refractivity contribution in [3.63, 3.8) is 0 Å². The van der Waals surface area contributed by atoms with E-state index in [1.165, 1.54) is 35.6 Å². The normalized spacial score (nSPS) is 25.0. The maximum absolute atomic E-state index is 6.09. The molecule has 0 saturated heterocycles. The first-order valence-corrected chi connectivity index (χ1v) is 6.43. The van der Waals surface area contributed by atoms with Gasteiger partial charge in [-0.15, -0.1) is 0 Å². The number of hydrogen-bond acceptors (Lipinski definition) is 2. The summed E-state index contributed by atoms with van der Waals surface area (Å²) >= 11 is 0. The predicted molar refractivity (Wildman–Crippen MR) is 70.9 cm³/mol. The van der Waals surface area contributed by atoms with Gasteiger partial charge in [0.25, 0.3) is 0 Å². The van der Waals surface area contributed by atoms with Gasteiger partial charge >= 0.3 is 0 Å². The average Bonchev–Trinajstić information content (AvgIpc) is 2.38. The molecule has 1 aliphatic carbocycles. The van der Waals surface area contributed by atoms with E-state index in [-0.39, 0.29) is 0 Å². The van der Waals surface area contributed by atoms with Gasteiger partial charge in [-0.05, 0) is 42.2 Å². The summed E-state index contributed by atoms with van der Waals surface area (Å²) in [5, 5.41) is 2.59. The Morgan fingerprint density at radius 1 is 1.18 bits per heavy atom. The van der Waals surface area contributed by atoms with E-state index >= 15 is 0 Å². The second-order valence-electron chi connectivity index (χ2n) is 5.07. The zero-order valence-electron chi connectivity index (χ0n) is 9.97. The number of aromatic nitrogens is 1. The van der Waals surface area contributed by atoms with Gasteiger partial charge in [0.05, 0.1) is 0 Å². The first-order chi connectivity index (χ1) is 8.34. The van der Waals surface area contributed by atoms with Gasteiger partial charge in [0.2, 0.25) is 0 Å². The molecule has 3 rings (SSSR count). The Kier molecular flexibility index (Phi) is 2.81. The van der Waals surface area contributed by atoms with Crippen molar-refractivity contribution in [1.29, 1.82) is 0 Å². The SMILES string of the molecule is NC1CCCC(c2cccc3ccncc23)C1. The van der Waals surface area contributed by atoms with Crippen LogP contribution >= 0.6 is 0 Å². The molecule has 1 heterocycles. The number of nitrogens with zero attached hydrogens (tertiary/aromatic N) is 1. The molecule has 2 nitrogen and oxygen atoms in total. The molecule has 17 heavy (non-hydrogen) atoms. The van der Waals surface area contributed by atoms with Crippen molar-refractivity contribution in [2.75, 3.05) is 0 Å². The summed E-state index contributed by atoms with van der Waals surface area (Å²) in [6, 6.07) is 9.01. The quantitative estimate of drug-likeness (QED) is 0.811. The summed E-state index contributed by atoms with van der Waals surface area (Å²) in [6.45, 7) is 0. The zero-order chi connectivity index (χ0) is 11.7. The summed E-state index contributed by atoms with van der Waals surface area (Å²) in [7, 11) is 0. The Morgan fingerprint density at radius 2 is 2.12 bits per heavy atom. The van der Waals surface area contributed by atoms with E-state index in [0.29, 0.717) is 12.0 Å². The standard InChI is InChI=1S/C15H18N2/c16-13-5-1-4-12(9-13)14-6-2-3-11-7-8-17-10-15(11)14/h2-3,6-8,10,12-13H,1,4-5,9,16H2. The highest BCUT2D eigenvalue weighted by molar-refractivity contribution is 5.85. The van der Waals surface area contributed by atoms with E-state index in [9.17, 15) is 0 Å². The smallest absolute Gasteiger partial charge is 0.0349 e. The first-order valence-electron chi connectivity index (χ1n) is 6.43. The Hall–Kier alpha value is -1.41. The molecule has 2 heteroatoms. The molecule has 0 amide bonds. The minimum absolute atomic E-state index is 0.376. The molecule has 88 valence electrons. The van der Waals surface area contributed by atoms with Gasteiger partial charge in [-0.25, -0.2) is 0 Å². The lowest BCUT2D eigenvalue weighted by Gasteiger charge is -2.27. The number of fused-ring (bicyclic) bond motifs is 1. The molecule has 0 aliphatic heterocycles. The van der Waals surface area contributed by atoms with E-state index in [2.05, 4.69) is 29.2 Å². The Morgan fingerprint density at radius 3 is 3.00 bits per heavy atom. The summed E-state index contributed by atoms with van der Waals surface area (Å²) in [4.78, 5) is 4.26. The van der Waals surface area contributed by atoms with Crippen LogP contribution in [0.2, 0.25) is 0 Å². The molecular weight excluding hydrogens is 208 g/mol. The van der Waals surface area contributed by atoms with Gasteiger partial charge in [0.1, 0.15) is 0 Å². The minimum atomic E-state index is 0.376. The van der Waals surface area contributed by atoms with Crippen molar-refractivity contribution in [2.24, 2.45) is 5.73 Å². The van der Waals surface area contributed by atoms with E-state index in [4.69, 9.17) is 5.73 Å². The zero-order valence-corrected chi connectivity index (χ0v) is 9.97. The maximum Gasteiger partial charge on any atom is 0.0349 e. The molecular formula is C15H18N2. The van der Waals surface area contributed by atoms with Crippen LogP contribution in [0, 0.1) is 0 Å². The molecule has 1 aromatic carbocycles. The van der Waals surface area contributed by atoms with Crippen molar-refractivity contribution in [3.05, 3.63) is 42.2 Å². The van der Waals surface area contributed by atoms with Crippen molar-refractivity contribution in [1.82, 2.24) is 4.98 Å². The molecule has 1 aromatic heterocycles. The van der Waals surface area contributed by atoms with Crippen LogP contribution in [-0.4, -0.2) is 11.0 Å². The Balaban J connectivity index is 2.04. The Bertz CT molecular complexity index is 516. The fourth-order valence-corrected chi connectivity index (χ4v) is 3.00. The molecule has 1 saturated carbocycles. The fraction of sp³-hybridized carbons (Fsp3) is 0.400. The van der Waals surface area contributed by atoms with E-state index in [1.54, 1.807) is 0 Å². The minimum Gasteiger partial charge on any atom is -0.328 e.